The van der Waals surface area contributed by atoms with Crippen molar-refractivity contribution >= 4 is 15.8 Å². The van der Waals surface area contributed by atoms with Crippen molar-refractivity contribution in [2.75, 3.05) is 7.11 Å². The SMILES string of the molecule is COc1ccc(S(=O)(=O)Oc2ccc3c(c2)CCC3)c([N+](=O)[O-])c1. The van der Waals surface area contributed by atoms with E-state index in [9.17, 15) is 18.5 Å². The fourth-order valence-electron chi connectivity index (χ4n) is 2.75. The molecule has 24 heavy (non-hydrogen) atoms. The number of benzene rings is 2. The predicted octanol–water partition coefficient (Wildman–Crippen LogP) is 2.86. The molecule has 1 aliphatic carbocycles. The number of hydrogen-bond donors (Lipinski definition) is 0. The molecule has 0 aliphatic heterocycles. The van der Waals surface area contributed by atoms with Gasteiger partial charge in [-0.2, -0.15) is 8.42 Å². The van der Waals surface area contributed by atoms with E-state index in [0.29, 0.717) is 0 Å². The van der Waals surface area contributed by atoms with Gasteiger partial charge in [0.25, 0.3) is 5.69 Å². The van der Waals surface area contributed by atoms with E-state index in [0.717, 1.165) is 37.0 Å². The molecule has 0 fully saturated rings. The number of nitro benzene ring substituents is 1. The predicted molar refractivity (Wildman–Crippen MR) is 85.9 cm³/mol. The maximum absolute atomic E-state index is 12.5. The quantitative estimate of drug-likeness (QED) is 0.468. The van der Waals surface area contributed by atoms with Gasteiger partial charge in [0.1, 0.15) is 11.5 Å². The minimum atomic E-state index is -4.33. The van der Waals surface area contributed by atoms with Gasteiger partial charge in [0.05, 0.1) is 18.1 Å². The molecule has 0 spiro atoms. The summed E-state index contributed by atoms with van der Waals surface area (Å²) in [6, 6.07) is 8.58. The van der Waals surface area contributed by atoms with Crippen molar-refractivity contribution in [1.82, 2.24) is 0 Å². The summed E-state index contributed by atoms with van der Waals surface area (Å²) >= 11 is 0. The molecule has 1 aliphatic rings. The first-order chi connectivity index (χ1) is 11.4. The Morgan fingerprint density at radius 2 is 1.75 bits per heavy atom. The zero-order chi connectivity index (χ0) is 17.3. The molecule has 0 aromatic heterocycles. The Bertz CT molecular complexity index is 907. The molecular weight excluding hydrogens is 334 g/mol. The Kier molecular flexibility index (Phi) is 4.15. The van der Waals surface area contributed by atoms with Crippen molar-refractivity contribution in [3.8, 4) is 11.5 Å². The Labute approximate surface area is 139 Å². The van der Waals surface area contributed by atoms with Crippen molar-refractivity contribution in [1.29, 1.82) is 0 Å². The van der Waals surface area contributed by atoms with Crippen molar-refractivity contribution in [2.45, 2.75) is 24.2 Å². The van der Waals surface area contributed by atoms with E-state index in [-0.39, 0.29) is 11.5 Å². The molecule has 2 aromatic carbocycles. The molecule has 0 amide bonds. The van der Waals surface area contributed by atoms with Crippen LogP contribution in [0.3, 0.4) is 0 Å². The standard InChI is InChI=1S/C16H15NO6S/c1-22-13-7-8-16(15(10-13)17(18)19)24(20,21)23-14-6-5-11-3-2-4-12(11)9-14/h5-10H,2-4H2,1H3. The van der Waals surface area contributed by atoms with Crippen molar-refractivity contribution in [2.24, 2.45) is 0 Å². The number of nitrogens with zero attached hydrogens (tertiary/aromatic N) is 1. The number of aryl methyl sites for hydroxylation is 2. The molecule has 0 radical (unpaired) electrons. The number of nitro groups is 1. The van der Waals surface area contributed by atoms with E-state index in [1.165, 1.54) is 18.7 Å². The van der Waals surface area contributed by atoms with Gasteiger partial charge in [-0.1, -0.05) is 6.07 Å². The summed E-state index contributed by atoms with van der Waals surface area (Å²) in [5.41, 5.74) is 1.64. The third kappa shape index (κ3) is 3.05. The van der Waals surface area contributed by atoms with Crippen LogP contribution in [0.4, 0.5) is 5.69 Å². The van der Waals surface area contributed by atoms with Gasteiger partial charge in [0, 0.05) is 0 Å². The van der Waals surface area contributed by atoms with Gasteiger partial charge < -0.3 is 8.92 Å². The van der Waals surface area contributed by atoms with Crippen LogP contribution in [0.1, 0.15) is 17.5 Å². The minimum absolute atomic E-state index is 0.153. The largest absolute Gasteiger partial charge is 0.497 e. The summed E-state index contributed by atoms with van der Waals surface area (Å²) in [6.07, 6.45) is 2.86. The molecule has 0 bridgehead atoms. The topological polar surface area (TPSA) is 95.7 Å². The highest BCUT2D eigenvalue weighted by Crippen LogP contribution is 2.32. The zero-order valence-corrected chi connectivity index (χ0v) is 13.7. The lowest BCUT2D eigenvalue weighted by Gasteiger charge is -2.09. The van der Waals surface area contributed by atoms with Crippen molar-refractivity contribution < 1.29 is 22.3 Å². The van der Waals surface area contributed by atoms with Crippen LogP contribution in [0.15, 0.2) is 41.3 Å². The second-order valence-corrected chi connectivity index (χ2v) is 6.93. The Morgan fingerprint density at radius 1 is 1.04 bits per heavy atom. The average Bonchev–Trinajstić information content (AvgIpc) is 3.01. The Morgan fingerprint density at radius 3 is 2.46 bits per heavy atom. The van der Waals surface area contributed by atoms with E-state index in [1.807, 2.05) is 6.07 Å². The highest BCUT2D eigenvalue weighted by molar-refractivity contribution is 7.87. The molecule has 126 valence electrons. The smallest absolute Gasteiger partial charge is 0.346 e. The van der Waals surface area contributed by atoms with Crippen LogP contribution in [0.5, 0.6) is 11.5 Å². The minimum Gasteiger partial charge on any atom is -0.497 e. The Balaban J connectivity index is 1.97. The van der Waals surface area contributed by atoms with Crippen molar-refractivity contribution in [3.05, 3.63) is 57.6 Å². The molecule has 7 nitrogen and oxygen atoms in total. The lowest BCUT2D eigenvalue weighted by atomic mass is 10.1. The van der Waals surface area contributed by atoms with Gasteiger partial charge in [-0.25, -0.2) is 0 Å². The lowest BCUT2D eigenvalue weighted by Crippen LogP contribution is -2.12. The van der Waals surface area contributed by atoms with Crippen LogP contribution in [0.2, 0.25) is 0 Å². The second kappa shape index (κ2) is 6.12. The third-order valence-corrected chi connectivity index (χ3v) is 5.20. The first-order valence-corrected chi connectivity index (χ1v) is 8.70. The summed E-state index contributed by atoms with van der Waals surface area (Å²) in [5.74, 6) is 0.346. The van der Waals surface area contributed by atoms with Crippen LogP contribution in [-0.4, -0.2) is 20.5 Å². The van der Waals surface area contributed by atoms with Gasteiger partial charge >= 0.3 is 10.1 Å². The number of rotatable bonds is 5. The molecule has 0 heterocycles. The number of fused-ring (bicyclic) bond motifs is 1. The van der Waals surface area contributed by atoms with E-state index >= 15 is 0 Å². The van der Waals surface area contributed by atoms with E-state index < -0.39 is 25.6 Å². The maximum Gasteiger partial charge on any atom is 0.346 e. The van der Waals surface area contributed by atoms with Crippen LogP contribution >= 0.6 is 0 Å². The molecule has 2 aromatic rings. The zero-order valence-electron chi connectivity index (χ0n) is 12.9. The molecular formula is C16H15NO6S. The second-order valence-electron chi connectivity index (χ2n) is 5.41. The highest BCUT2D eigenvalue weighted by Gasteiger charge is 2.28. The van der Waals surface area contributed by atoms with Crippen LogP contribution in [0, 0.1) is 10.1 Å². The fraction of sp³-hybridized carbons (Fsp3) is 0.250. The first kappa shape index (κ1) is 16.3. The number of methoxy groups -OCH3 is 1. The molecule has 0 atom stereocenters. The van der Waals surface area contributed by atoms with Crippen molar-refractivity contribution in [3.63, 3.8) is 0 Å². The monoisotopic (exact) mass is 349 g/mol. The van der Waals surface area contributed by atoms with E-state index in [1.54, 1.807) is 12.1 Å². The summed E-state index contributed by atoms with van der Waals surface area (Å²) < 4.78 is 34.9. The maximum atomic E-state index is 12.5. The lowest BCUT2D eigenvalue weighted by molar-refractivity contribution is -0.388. The fourth-order valence-corrected chi connectivity index (χ4v) is 3.82. The normalized spacial score (nSPS) is 13.4. The summed E-state index contributed by atoms with van der Waals surface area (Å²) in [5, 5.41) is 11.2. The van der Waals surface area contributed by atoms with Gasteiger partial charge in [-0.15, -0.1) is 0 Å². The van der Waals surface area contributed by atoms with Crippen LogP contribution < -0.4 is 8.92 Å². The molecule has 8 heteroatoms. The number of ether oxygens (including phenoxy) is 1. The average molecular weight is 349 g/mol. The van der Waals surface area contributed by atoms with Crippen LogP contribution in [0.25, 0.3) is 0 Å². The van der Waals surface area contributed by atoms with E-state index in [4.69, 9.17) is 8.92 Å². The highest BCUT2D eigenvalue weighted by atomic mass is 32.2. The van der Waals surface area contributed by atoms with Crippen LogP contribution in [-0.2, 0) is 23.0 Å². The summed E-state index contributed by atoms with van der Waals surface area (Å²) in [7, 11) is -2.99. The van der Waals surface area contributed by atoms with E-state index in [2.05, 4.69) is 0 Å². The van der Waals surface area contributed by atoms with Gasteiger partial charge in [-0.3, -0.25) is 10.1 Å². The molecule has 0 saturated carbocycles. The molecule has 0 saturated heterocycles. The number of hydrogen-bond acceptors (Lipinski definition) is 6. The summed E-state index contributed by atoms with van der Waals surface area (Å²) in [4.78, 5) is 9.89. The molecule has 3 rings (SSSR count). The molecule has 0 unspecified atom stereocenters. The van der Waals surface area contributed by atoms with Gasteiger partial charge in [0.15, 0.2) is 4.90 Å². The summed E-state index contributed by atoms with van der Waals surface area (Å²) in [6.45, 7) is 0. The first-order valence-electron chi connectivity index (χ1n) is 7.29. The third-order valence-electron chi connectivity index (χ3n) is 3.91. The van der Waals surface area contributed by atoms with Gasteiger partial charge in [-0.05, 0) is 54.7 Å². The molecule has 0 N–H and O–H groups in total. The Hall–Kier alpha value is -2.61. The van der Waals surface area contributed by atoms with Gasteiger partial charge in [0.2, 0.25) is 0 Å².